The highest BCUT2D eigenvalue weighted by Gasteiger charge is 2.29. The minimum atomic E-state index is 0.216. The number of ether oxygens (including phenoxy) is 1. The van der Waals surface area contributed by atoms with Gasteiger partial charge in [0.2, 0.25) is 5.91 Å². The monoisotopic (exact) mass is 493 g/mol. The molecule has 198 valence electrons. The van der Waals surface area contributed by atoms with Crippen LogP contribution in [0.15, 0.2) is 30.5 Å². The number of rotatable bonds is 11. The molecule has 1 aromatic carbocycles. The zero-order chi connectivity index (χ0) is 25.3. The number of carbonyl (C=O) groups excluding carboxylic acids is 1. The smallest absolute Gasteiger partial charge is 0.223 e. The summed E-state index contributed by atoms with van der Waals surface area (Å²) in [4.78, 5) is 19.6. The molecule has 2 heterocycles. The Labute approximate surface area is 218 Å². The largest absolute Gasteiger partial charge is 0.488 e. The molecule has 36 heavy (non-hydrogen) atoms. The Morgan fingerprint density at radius 2 is 1.86 bits per heavy atom. The van der Waals surface area contributed by atoms with Gasteiger partial charge in [-0.1, -0.05) is 32.3 Å². The molecule has 1 N–H and O–H groups in total. The Morgan fingerprint density at radius 3 is 2.58 bits per heavy atom. The quantitative estimate of drug-likeness (QED) is 0.362. The Bertz CT molecular complexity index is 959. The van der Waals surface area contributed by atoms with Gasteiger partial charge in [0.15, 0.2) is 0 Å². The molecule has 1 aliphatic carbocycles. The standard InChI is InChI=1S/C31H47N3O2/c1-4-5-6-7-9-25-20-27-10-8-17-32-30(27)29(21-25)36-28-15-18-34(19-16-28)22-24-11-13-26(14-12-24)31(35)33-23(2)3/h8,10,17,20-21,23-24,26,28H,4-7,9,11-16,18-19,22H2,1-3H3,(H,33,35). The number of aromatic nitrogens is 1. The van der Waals surface area contributed by atoms with Crippen LogP contribution in [0.4, 0.5) is 0 Å². The van der Waals surface area contributed by atoms with E-state index in [1.165, 1.54) is 56.0 Å². The third-order valence-electron chi connectivity index (χ3n) is 8.04. The summed E-state index contributed by atoms with van der Waals surface area (Å²) in [5.41, 5.74) is 2.37. The lowest BCUT2D eigenvalue weighted by molar-refractivity contribution is -0.126. The highest BCUT2D eigenvalue weighted by Crippen LogP contribution is 2.32. The van der Waals surface area contributed by atoms with Crippen LogP contribution in [0.3, 0.4) is 0 Å². The molecule has 5 nitrogen and oxygen atoms in total. The lowest BCUT2D eigenvalue weighted by Crippen LogP contribution is -2.42. The van der Waals surface area contributed by atoms with E-state index in [-0.39, 0.29) is 24.0 Å². The van der Waals surface area contributed by atoms with Crippen LogP contribution in [0.25, 0.3) is 10.9 Å². The summed E-state index contributed by atoms with van der Waals surface area (Å²) >= 11 is 0. The minimum absolute atomic E-state index is 0.216. The Kier molecular flexibility index (Phi) is 10.0. The molecule has 4 rings (SSSR count). The molecule has 1 saturated carbocycles. The second-order valence-corrected chi connectivity index (χ2v) is 11.5. The number of hydrogen-bond acceptors (Lipinski definition) is 4. The first-order chi connectivity index (χ1) is 17.5. The van der Waals surface area contributed by atoms with Crippen LogP contribution in [0.1, 0.15) is 90.5 Å². The van der Waals surface area contributed by atoms with Crippen LogP contribution in [-0.4, -0.2) is 47.6 Å². The van der Waals surface area contributed by atoms with E-state index in [1.54, 1.807) is 0 Å². The molecule has 0 unspecified atom stereocenters. The normalized spacial score (nSPS) is 21.7. The molecule has 1 saturated heterocycles. The molecule has 2 fully saturated rings. The first-order valence-corrected chi connectivity index (χ1v) is 14.6. The van der Waals surface area contributed by atoms with Crippen molar-refractivity contribution in [1.82, 2.24) is 15.2 Å². The summed E-state index contributed by atoms with van der Waals surface area (Å²) in [5.74, 6) is 2.17. The molecule has 1 aliphatic heterocycles. The summed E-state index contributed by atoms with van der Waals surface area (Å²) in [7, 11) is 0. The molecular formula is C31H47N3O2. The van der Waals surface area contributed by atoms with Crippen molar-refractivity contribution in [2.45, 2.75) is 104 Å². The third kappa shape index (κ3) is 7.68. The van der Waals surface area contributed by atoms with Crippen LogP contribution in [0, 0.1) is 11.8 Å². The number of pyridine rings is 1. The summed E-state index contributed by atoms with van der Waals surface area (Å²) in [6, 6.07) is 8.97. The van der Waals surface area contributed by atoms with Crippen LogP contribution in [0.5, 0.6) is 5.75 Å². The zero-order valence-electron chi connectivity index (χ0n) is 22.8. The average molecular weight is 494 g/mol. The van der Waals surface area contributed by atoms with E-state index in [4.69, 9.17) is 4.74 Å². The molecule has 1 aromatic heterocycles. The molecule has 2 aliphatic rings. The number of nitrogens with zero attached hydrogens (tertiary/aromatic N) is 2. The molecule has 0 radical (unpaired) electrons. The fourth-order valence-corrected chi connectivity index (χ4v) is 5.97. The van der Waals surface area contributed by atoms with Gasteiger partial charge < -0.3 is 15.0 Å². The van der Waals surface area contributed by atoms with Crippen LogP contribution in [-0.2, 0) is 11.2 Å². The van der Waals surface area contributed by atoms with Gasteiger partial charge in [0.1, 0.15) is 17.4 Å². The van der Waals surface area contributed by atoms with E-state index in [1.807, 2.05) is 26.1 Å². The predicted octanol–water partition coefficient (Wildman–Crippen LogP) is 6.53. The number of nitrogens with one attached hydrogen (secondary N) is 1. The predicted molar refractivity (Wildman–Crippen MR) is 148 cm³/mol. The van der Waals surface area contributed by atoms with Crippen molar-refractivity contribution in [3.05, 3.63) is 36.0 Å². The number of benzene rings is 1. The molecule has 0 atom stereocenters. The molecule has 0 bridgehead atoms. The van der Waals surface area contributed by atoms with Crippen LogP contribution in [0.2, 0.25) is 0 Å². The SMILES string of the molecule is CCCCCCc1cc(OC2CCN(CC3CCC(C(=O)NC(C)C)CC3)CC2)c2ncccc2c1. The minimum Gasteiger partial charge on any atom is -0.488 e. The van der Waals surface area contributed by atoms with Crippen molar-refractivity contribution >= 4 is 16.8 Å². The van der Waals surface area contributed by atoms with Gasteiger partial charge >= 0.3 is 0 Å². The summed E-state index contributed by atoms with van der Waals surface area (Å²) < 4.78 is 6.61. The second kappa shape index (κ2) is 13.4. The van der Waals surface area contributed by atoms with Crippen LogP contribution < -0.4 is 10.1 Å². The lowest BCUT2D eigenvalue weighted by Gasteiger charge is -2.36. The maximum atomic E-state index is 12.3. The summed E-state index contributed by atoms with van der Waals surface area (Å²) in [5, 5.41) is 4.29. The fraction of sp³-hybridized carbons (Fsp3) is 0.677. The van der Waals surface area contributed by atoms with Gasteiger partial charge in [0.25, 0.3) is 0 Å². The first-order valence-electron chi connectivity index (χ1n) is 14.6. The van der Waals surface area contributed by atoms with E-state index in [0.717, 1.165) is 62.4 Å². The van der Waals surface area contributed by atoms with Gasteiger partial charge in [-0.05, 0) is 94.9 Å². The summed E-state index contributed by atoms with van der Waals surface area (Å²) in [6.07, 6.45) is 14.9. The van der Waals surface area contributed by atoms with Gasteiger partial charge in [-0.3, -0.25) is 9.78 Å². The second-order valence-electron chi connectivity index (χ2n) is 11.5. The van der Waals surface area contributed by atoms with Gasteiger partial charge in [-0.15, -0.1) is 0 Å². The van der Waals surface area contributed by atoms with E-state index in [2.05, 4.69) is 40.3 Å². The van der Waals surface area contributed by atoms with Crippen LogP contribution >= 0.6 is 0 Å². The zero-order valence-corrected chi connectivity index (χ0v) is 22.8. The number of aryl methyl sites for hydroxylation is 1. The molecule has 2 aromatic rings. The highest BCUT2D eigenvalue weighted by molar-refractivity contribution is 5.85. The first kappa shape index (κ1) is 26.9. The molecule has 0 spiro atoms. The topological polar surface area (TPSA) is 54.5 Å². The van der Waals surface area contributed by atoms with Crippen molar-refractivity contribution in [2.24, 2.45) is 11.8 Å². The van der Waals surface area contributed by atoms with E-state index in [0.29, 0.717) is 0 Å². The van der Waals surface area contributed by atoms with E-state index in [9.17, 15) is 4.79 Å². The fourth-order valence-electron chi connectivity index (χ4n) is 5.97. The van der Waals surface area contributed by atoms with E-state index >= 15 is 0 Å². The third-order valence-corrected chi connectivity index (χ3v) is 8.04. The van der Waals surface area contributed by atoms with Gasteiger partial charge in [-0.2, -0.15) is 0 Å². The summed E-state index contributed by atoms with van der Waals surface area (Å²) in [6.45, 7) is 9.71. The number of piperidine rings is 1. The Balaban J connectivity index is 1.26. The van der Waals surface area contributed by atoms with Crippen molar-refractivity contribution in [1.29, 1.82) is 0 Å². The Morgan fingerprint density at radius 1 is 1.08 bits per heavy atom. The maximum Gasteiger partial charge on any atom is 0.223 e. The van der Waals surface area contributed by atoms with Crippen molar-refractivity contribution < 1.29 is 9.53 Å². The highest BCUT2D eigenvalue weighted by atomic mass is 16.5. The number of likely N-dealkylation sites (tertiary alicyclic amines) is 1. The molecular weight excluding hydrogens is 446 g/mol. The van der Waals surface area contributed by atoms with Crippen molar-refractivity contribution in [2.75, 3.05) is 19.6 Å². The number of carbonyl (C=O) groups is 1. The number of amides is 1. The number of hydrogen-bond donors (Lipinski definition) is 1. The molecule has 1 amide bonds. The number of fused-ring (bicyclic) bond motifs is 1. The van der Waals surface area contributed by atoms with Crippen molar-refractivity contribution in [3.8, 4) is 5.75 Å². The van der Waals surface area contributed by atoms with Gasteiger partial charge in [0, 0.05) is 43.2 Å². The van der Waals surface area contributed by atoms with E-state index < -0.39 is 0 Å². The Hall–Kier alpha value is -2.14. The van der Waals surface area contributed by atoms with Gasteiger partial charge in [0.05, 0.1) is 0 Å². The maximum absolute atomic E-state index is 12.3. The van der Waals surface area contributed by atoms with Gasteiger partial charge in [-0.25, -0.2) is 0 Å². The lowest BCUT2D eigenvalue weighted by atomic mass is 9.81. The average Bonchev–Trinajstić information content (AvgIpc) is 2.88. The molecule has 5 heteroatoms. The van der Waals surface area contributed by atoms with Crippen molar-refractivity contribution in [3.63, 3.8) is 0 Å². The number of unbranched alkanes of at least 4 members (excludes halogenated alkanes) is 3.